The normalized spacial score (nSPS) is 15.0. The molecule has 0 amide bonds. The fourth-order valence-corrected chi connectivity index (χ4v) is 2.78. The maximum Gasteiger partial charge on any atom is 0.229 e. The fourth-order valence-electron chi connectivity index (χ4n) is 2.78. The molecular weight excluding hydrogens is 260 g/mol. The van der Waals surface area contributed by atoms with E-state index < -0.39 is 0 Å². The number of anilines is 3. The number of aromatic nitrogens is 2. The van der Waals surface area contributed by atoms with Crippen molar-refractivity contribution in [3.8, 4) is 0 Å². The zero-order valence-corrected chi connectivity index (χ0v) is 12.5. The number of hydrogen-bond donors (Lipinski definition) is 1. The highest BCUT2D eigenvalue weighted by Gasteiger charge is 2.13. The van der Waals surface area contributed by atoms with Crippen LogP contribution in [-0.2, 0) is 6.42 Å². The summed E-state index contributed by atoms with van der Waals surface area (Å²) in [4.78, 5) is 11.4. The molecule has 1 aliphatic rings. The maximum atomic E-state index is 4.67. The first-order valence-electron chi connectivity index (χ1n) is 7.80. The Bertz CT molecular complexity index is 591. The van der Waals surface area contributed by atoms with Gasteiger partial charge in [-0.05, 0) is 43.4 Å². The second-order valence-corrected chi connectivity index (χ2v) is 5.42. The highest BCUT2D eigenvalue weighted by molar-refractivity contribution is 5.59. The van der Waals surface area contributed by atoms with E-state index in [1.54, 1.807) is 0 Å². The van der Waals surface area contributed by atoms with Gasteiger partial charge in [-0.2, -0.15) is 4.98 Å². The van der Waals surface area contributed by atoms with Gasteiger partial charge in [-0.1, -0.05) is 25.1 Å². The van der Waals surface area contributed by atoms with Crippen molar-refractivity contribution in [2.24, 2.45) is 0 Å². The van der Waals surface area contributed by atoms with E-state index in [2.05, 4.69) is 45.3 Å². The molecule has 0 spiro atoms. The Balaban J connectivity index is 1.79. The third kappa shape index (κ3) is 3.32. The number of aryl methyl sites for hydroxylation is 1. The predicted octanol–water partition coefficient (Wildman–Crippen LogP) is 3.77. The van der Waals surface area contributed by atoms with Crippen LogP contribution in [0.5, 0.6) is 0 Å². The maximum absolute atomic E-state index is 4.67. The van der Waals surface area contributed by atoms with Gasteiger partial charge in [0.15, 0.2) is 0 Å². The number of nitrogens with one attached hydrogen (secondary N) is 1. The third-order valence-electron chi connectivity index (χ3n) is 3.97. The van der Waals surface area contributed by atoms with Gasteiger partial charge in [-0.15, -0.1) is 0 Å². The summed E-state index contributed by atoms with van der Waals surface area (Å²) in [7, 11) is 0. The quantitative estimate of drug-likeness (QED) is 0.926. The lowest BCUT2D eigenvalue weighted by molar-refractivity contribution is 0.573. The van der Waals surface area contributed by atoms with Crippen molar-refractivity contribution >= 4 is 17.5 Å². The second-order valence-electron chi connectivity index (χ2n) is 5.42. The first-order chi connectivity index (χ1) is 10.4. The smallest absolute Gasteiger partial charge is 0.229 e. The van der Waals surface area contributed by atoms with Crippen LogP contribution < -0.4 is 10.2 Å². The predicted molar refractivity (Wildman–Crippen MR) is 87.2 cm³/mol. The summed E-state index contributed by atoms with van der Waals surface area (Å²) in [5.41, 5.74) is 2.38. The number of nitrogens with zero attached hydrogens (tertiary/aromatic N) is 3. The van der Waals surface area contributed by atoms with Crippen LogP contribution in [-0.4, -0.2) is 23.1 Å². The molecule has 2 heterocycles. The van der Waals surface area contributed by atoms with Gasteiger partial charge in [0.05, 0.1) is 0 Å². The highest BCUT2D eigenvalue weighted by Crippen LogP contribution is 2.22. The summed E-state index contributed by atoms with van der Waals surface area (Å²) in [5, 5.41) is 3.35. The van der Waals surface area contributed by atoms with E-state index in [-0.39, 0.29) is 0 Å². The van der Waals surface area contributed by atoms with E-state index in [0.717, 1.165) is 31.0 Å². The molecule has 1 saturated heterocycles. The molecule has 3 rings (SSSR count). The molecule has 1 N–H and O–H groups in total. The van der Waals surface area contributed by atoms with Crippen LogP contribution >= 0.6 is 0 Å². The molecule has 0 saturated carbocycles. The Kier molecular flexibility index (Phi) is 4.34. The summed E-state index contributed by atoms with van der Waals surface area (Å²) in [5.74, 6) is 1.71. The zero-order chi connectivity index (χ0) is 14.5. The Hall–Kier alpha value is -2.10. The first kappa shape index (κ1) is 13.9. The average molecular weight is 282 g/mol. The Morgan fingerprint density at radius 2 is 1.90 bits per heavy atom. The molecule has 1 aromatic heterocycles. The number of para-hydroxylation sites is 1. The van der Waals surface area contributed by atoms with E-state index in [4.69, 9.17) is 0 Å². The van der Waals surface area contributed by atoms with Gasteiger partial charge in [-0.3, -0.25) is 0 Å². The largest absolute Gasteiger partial charge is 0.356 e. The van der Waals surface area contributed by atoms with Gasteiger partial charge in [0.1, 0.15) is 5.82 Å². The lowest BCUT2D eigenvalue weighted by Crippen LogP contribution is -2.30. The highest BCUT2D eigenvalue weighted by atomic mass is 15.2. The van der Waals surface area contributed by atoms with Crippen molar-refractivity contribution in [1.29, 1.82) is 0 Å². The van der Waals surface area contributed by atoms with E-state index in [1.165, 1.54) is 24.8 Å². The van der Waals surface area contributed by atoms with Gasteiger partial charge in [0.2, 0.25) is 5.95 Å². The number of hydrogen-bond acceptors (Lipinski definition) is 4. The SMILES string of the molecule is CCc1ccccc1Nc1nccc(N2CCCCC2)n1. The van der Waals surface area contributed by atoms with Crippen LogP contribution in [0.1, 0.15) is 31.7 Å². The standard InChI is InChI=1S/C17H22N4/c1-2-14-8-4-5-9-15(14)19-17-18-11-10-16(20-17)21-12-6-3-7-13-21/h4-5,8-11H,2-3,6-7,12-13H2,1H3,(H,18,19,20). The molecule has 0 aliphatic carbocycles. The molecule has 21 heavy (non-hydrogen) atoms. The summed E-state index contributed by atoms with van der Waals surface area (Å²) in [6, 6.07) is 10.3. The van der Waals surface area contributed by atoms with Gasteiger partial charge < -0.3 is 10.2 Å². The topological polar surface area (TPSA) is 41.1 Å². The van der Waals surface area contributed by atoms with E-state index in [9.17, 15) is 0 Å². The molecule has 2 aromatic rings. The molecule has 0 bridgehead atoms. The van der Waals surface area contributed by atoms with Crippen LogP contribution in [0.25, 0.3) is 0 Å². The summed E-state index contributed by atoms with van der Waals surface area (Å²) in [6.07, 6.45) is 6.68. The molecule has 0 radical (unpaired) electrons. The Labute approximate surface area is 126 Å². The van der Waals surface area contributed by atoms with Crippen LogP contribution in [0, 0.1) is 0 Å². The van der Waals surface area contributed by atoms with E-state index in [1.807, 2.05) is 18.3 Å². The summed E-state index contributed by atoms with van der Waals surface area (Å²) < 4.78 is 0. The minimum Gasteiger partial charge on any atom is -0.356 e. The van der Waals surface area contributed by atoms with Crippen LogP contribution in [0.15, 0.2) is 36.5 Å². The van der Waals surface area contributed by atoms with Crippen molar-refractivity contribution in [1.82, 2.24) is 9.97 Å². The molecular formula is C17H22N4. The second kappa shape index (κ2) is 6.57. The van der Waals surface area contributed by atoms with Crippen LogP contribution in [0.2, 0.25) is 0 Å². The van der Waals surface area contributed by atoms with Gasteiger partial charge in [-0.25, -0.2) is 4.98 Å². The summed E-state index contributed by atoms with van der Waals surface area (Å²) in [6.45, 7) is 4.36. The fraction of sp³-hybridized carbons (Fsp3) is 0.412. The lowest BCUT2D eigenvalue weighted by Gasteiger charge is -2.27. The van der Waals surface area contributed by atoms with Crippen molar-refractivity contribution in [2.75, 3.05) is 23.3 Å². The Morgan fingerprint density at radius 3 is 2.71 bits per heavy atom. The Morgan fingerprint density at radius 1 is 1.10 bits per heavy atom. The van der Waals surface area contributed by atoms with E-state index >= 15 is 0 Å². The van der Waals surface area contributed by atoms with Gasteiger partial charge in [0.25, 0.3) is 0 Å². The minimum absolute atomic E-state index is 0.680. The molecule has 1 aromatic carbocycles. The van der Waals surface area contributed by atoms with Crippen LogP contribution in [0.3, 0.4) is 0 Å². The van der Waals surface area contributed by atoms with Gasteiger partial charge >= 0.3 is 0 Å². The molecule has 4 heteroatoms. The molecule has 1 aliphatic heterocycles. The van der Waals surface area contributed by atoms with Gasteiger partial charge in [0, 0.05) is 25.0 Å². The minimum atomic E-state index is 0.680. The van der Waals surface area contributed by atoms with Crippen molar-refractivity contribution in [2.45, 2.75) is 32.6 Å². The monoisotopic (exact) mass is 282 g/mol. The van der Waals surface area contributed by atoms with Crippen molar-refractivity contribution in [3.63, 3.8) is 0 Å². The zero-order valence-electron chi connectivity index (χ0n) is 12.5. The van der Waals surface area contributed by atoms with Crippen molar-refractivity contribution < 1.29 is 0 Å². The lowest BCUT2D eigenvalue weighted by atomic mass is 10.1. The number of rotatable bonds is 4. The van der Waals surface area contributed by atoms with E-state index in [0.29, 0.717) is 5.95 Å². The molecule has 0 unspecified atom stereocenters. The third-order valence-corrected chi connectivity index (χ3v) is 3.97. The average Bonchev–Trinajstić information content (AvgIpc) is 2.56. The van der Waals surface area contributed by atoms with Crippen LogP contribution in [0.4, 0.5) is 17.5 Å². The molecule has 110 valence electrons. The van der Waals surface area contributed by atoms with Crippen molar-refractivity contribution in [3.05, 3.63) is 42.1 Å². The molecule has 4 nitrogen and oxygen atoms in total. The molecule has 1 fully saturated rings. The number of benzene rings is 1. The number of piperidine rings is 1. The first-order valence-corrected chi connectivity index (χ1v) is 7.80. The summed E-state index contributed by atoms with van der Waals surface area (Å²) >= 11 is 0. The molecule has 0 atom stereocenters.